The Morgan fingerprint density at radius 2 is 2.47 bits per heavy atom. The van der Waals surface area contributed by atoms with Gasteiger partial charge < -0.3 is 15.8 Å². The van der Waals surface area contributed by atoms with Crippen LogP contribution in [-0.2, 0) is 4.74 Å². The number of amides is 1. The summed E-state index contributed by atoms with van der Waals surface area (Å²) in [5, 5.41) is 3.15. The Bertz CT molecular complexity index is 467. The topological polar surface area (TPSA) is 77.2 Å². The summed E-state index contributed by atoms with van der Waals surface area (Å²) in [6.45, 7) is 3.45. The fourth-order valence-electron chi connectivity index (χ4n) is 2.33. The highest BCUT2D eigenvalue weighted by Crippen LogP contribution is 2.23. The van der Waals surface area contributed by atoms with E-state index in [0.717, 1.165) is 19.4 Å². The number of pyridine rings is 1. The average molecular weight is 284 g/mol. The third-order valence-corrected chi connectivity index (χ3v) is 3.63. The number of hydrogen-bond donors (Lipinski definition) is 2. The van der Waals surface area contributed by atoms with Crippen LogP contribution >= 0.6 is 11.6 Å². The molecule has 0 bridgehead atoms. The molecule has 1 saturated heterocycles. The molecule has 104 valence electrons. The van der Waals surface area contributed by atoms with Gasteiger partial charge >= 0.3 is 0 Å². The quantitative estimate of drug-likeness (QED) is 0.827. The van der Waals surface area contributed by atoms with Crippen molar-refractivity contribution in [2.45, 2.75) is 25.9 Å². The number of anilines is 1. The van der Waals surface area contributed by atoms with E-state index in [0.29, 0.717) is 23.7 Å². The second-order valence-electron chi connectivity index (χ2n) is 4.67. The summed E-state index contributed by atoms with van der Waals surface area (Å²) in [7, 11) is 0. The smallest absolute Gasteiger partial charge is 0.253 e. The third kappa shape index (κ3) is 3.36. The Morgan fingerprint density at radius 1 is 1.68 bits per heavy atom. The number of aromatic nitrogens is 1. The molecule has 19 heavy (non-hydrogen) atoms. The zero-order chi connectivity index (χ0) is 13.8. The molecule has 1 aliphatic rings. The maximum Gasteiger partial charge on any atom is 0.253 e. The second kappa shape index (κ2) is 6.21. The van der Waals surface area contributed by atoms with Crippen molar-refractivity contribution in [2.75, 3.05) is 18.9 Å². The number of ether oxygens (including phenoxy) is 1. The van der Waals surface area contributed by atoms with Gasteiger partial charge in [0.1, 0.15) is 5.15 Å². The molecule has 1 aromatic heterocycles. The summed E-state index contributed by atoms with van der Waals surface area (Å²) in [6, 6.07) is 1.48. The molecule has 1 amide bonds. The molecule has 3 N–H and O–H groups in total. The molecule has 0 aliphatic carbocycles. The Kier molecular flexibility index (Phi) is 4.61. The van der Waals surface area contributed by atoms with Crippen molar-refractivity contribution < 1.29 is 9.53 Å². The minimum atomic E-state index is -0.219. The molecule has 0 saturated carbocycles. The Balaban J connectivity index is 1.96. The van der Waals surface area contributed by atoms with E-state index in [1.54, 1.807) is 0 Å². The molecule has 1 fully saturated rings. The first-order valence-corrected chi connectivity index (χ1v) is 6.80. The number of halogens is 1. The lowest BCUT2D eigenvalue weighted by Gasteiger charge is -2.17. The fourth-order valence-corrected chi connectivity index (χ4v) is 2.49. The maximum absolute atomic E-state index is 12.1. The fraction of sp³-hybridized carbons (Fsp3) is 0.538. The summed E-state index contributed by atoms with van der Waals surface area (Å²) in [5.41, 5.74) is 6.42. The lowest BCUT2D eigenvalue weighted by Crippen LogP contribution is -2.33. The van der Waals surface area contributed by atoms with Gasteiger partial charge in [-0.1, -0.05) is 18.5 Å². The first kappa shape index (κ1) is 14.1. The summed E-state index contributed by atoms with van der Waals surface area (Å²) in [5.74, 6) is 0.149. The van der Waals surface area contributed by atoms with E-state index >= 15 is 0 Å². The molecule has 0 spiro atoms. The predicted octanol–water partition coefficient (Wildman–Crippen LogP) is 1.86. The van der Waals surface area contributed by atoms with Crippen LogP contribution in [0.4, 0.5) is 5.69 Å². The molecule has 2 heterocycles. The van der Waals surface area contributed by atoms with Gasteiger partial charge in [-0.15, -0.1) is 0 Å². The Labute approximate surface area is 117 Å². The number of nitrogens with one attached hydrogen (secondary N) is 1. The molecule has 1 aromatic rings. The first-order chi connectivity index (χ1) is 9.11. The van der Waals surface area contributed by atoms with Gasteiger partial charge in [-0.25, -0.2) is 4.98 Å². The first-order valence-electron chi connectivity index (χ1n) is 6.42. The third-order valence-electron chi connectivity index (χ3n) is 3.42. The zero-order valence-corrected chi connectivity index (χ0v) is 11.6. The monoisotopic (exact) mass is 283 g/mol. The van der Waals surface area contributed by atoms with Crippen LogP contribution in [0.25, 0.3) is 0 Å². The molecular weight excluding hydrogens is 266 g/mol. The molecular formula is C13H18ClN3O2. The largest absolute Gasteiger partial charge is 0.397 e. The van der Waals surface area contributed by atoms with Crippen LogP contribution in [0.3, 0.4) is 0 Å². The van der Waals surface area contributed by atoms with Crippen LogP contribution in [0, 0.1) is 5.92 Å². The van der Waals surface area contributed by atoms with Gasteiger partial charge in [-0.05, 0) is 18.9 Å². The predicted molar refractivity (Wildman–Crippen MR) is 74.1 cm³/mol. The van der Waals surface area contributed by atoms with Crippen molar-refractivity contribution in [3.63, 3.8) is 0 Å². The summed E-state index contributed by atoms with van der Waals surface area (Å²) in [6.07, 6.45) is 3.57. The lowest BCUT2D eigenvalue weighted by molar-refractivity contribution is 0.0827. The standard InChI is InChI=1S/C13H18ClN3O2/c1-2-11-8(3-4-19-11)6-17-13(18)9-5-12(14)16-7-10(9)15/h5,7-8,11H,2-4,6,15H2,1H3,(H,17,18). The molecule has 1 aliphatic heterocycles. The van der Waals surface area contributed by atoms with E-state index in [-0.39, 0.29) is 17.2 Å². The van der Waals surface area contributed by atoms with Crippen molar-refractivity contribution >= 4 is 23.2 Å². The lowest BCUT2D eigenvalue weighted by atomic mass is 9.99. The van der Waals surface area contributed by atoms with Crippen LogP contribution in [0.2, 0.25) is 5.15 Å². The van der Waals surface area contributed by atoms with Crippen molar-refractivity contribution in [1.82, 2.24) is 10.3 Å². The number of hydrogen-bond acceptors (Lipinski definition) is 4. The Hall–Kier alpha value is -1.33. The van der Waals surface area contributed by atoms with Gasteiger partial charge in [0.15, 0.2) is 0 Å². The van der Waals surface area contributed by atoms with Gasteiger partial charge in [0.2, 0.25) is 0 Å². The van der Waals surface area contributed by atoms with Crippen LogP contribution in [-0.4, -0.2) is 30.1 Å². The number of nitrogens with two attached hydrogens (primary N) is 1. The minimum absolute atomic E-state index is 0.219. The highest BCUT2D eigenvalue weighted by atomic mass is 35.5. The number of carbonyl (C=O) groups excluding carboxylic acids is 1. The minimum Gasteiger partial charge on any atom is -0.397 e. The summed E-state index contributed by atoms with van der Waals surface area (Å²) in [4.78, 5) is 15.9. The van der Waals surface area contributed by atoms with E-state index in [2.05, 4.69) is 17.2 Å². The summed E-state index contributed by atoms with van der Waals surface area (Å²) < 4.78 is 5.59. The molecule has 2 rings (SSSR count). The summed E-state index contributed by atoms with van der Waals surface area (Å²) >= 11 is 5.77. The molecule has 6 heteroatoms. The van der Waals surface area contributed by atoms with Gasteiger partial charge in [0.25, 0.3) is 5.91 Å². The molecule has 2 atom stereocenters. The van der Waals surface area contributed by atoms with E-state index < -0.39 is 0 Å². The van der Waals surface area contributed by atoms with Crippen LogP contribution in [0.5, 0.6) is 0 Å². The van der Waals surface area contributed by atoms with Crippen molar-refractivity contribution in [2.24, 2.45) is 5.92 Å². The van der Waals surface area contributed by atoms with E-state index in [1.165, 1.54) is 12.3 Å². The normalized spacial score (nSPS) is 22.4. The number of nitrogens with zero attached hydrogens (tertiary/aromatic N) is 1. The molecule has 2 unspecified atom stereocenters. The zero-order valence-electron chi connectivity index (χ0n) is 10.9. The van der Waals surface area contributed by atoms with E-state index in [1.807, 2.05) is 0 Å². The van der Waals surface area contributed by atoms with Crippen LogP contribution < -0.4 is 11.1 Å². The highest BCUT2D eigenvalue weighted by Gasteiger charge is 2.27. The van der Waals surface area contributed by atoms with Crippen molar-refractivity contribution in [1.29, 1.82) is 0 Å². The van der Waals surface area contributed by atoms with Gasteiger partial charge in [-0.3, -0.25) is 4.79 Å². The SMILES string of the molecule is CCC1OCCC1CNC(=O)c1cc(Cl)ncc1N. The van der Waals surface area contributed by atoms with Crippen LogP contribution in [0.1, 0.15) is 30.1 Å². The Morgan fingerprint density at radius 3 is 3.21 bits per heavy atom. The van der Waals surface area contributed by atoms with E-state index in [9.17, 15) is 4.79 Å². The highest BCUT2D eigenvalue weighted by molar-refractivity contribution is 6.29. The van der Waals surface area contributed by atoms with Gasteiger partial charge in [-0.2, -0.15) is 0 Å². The van der Waals surface area contributed by atoms with Gasteiger partial charge in [0.05, 0.1) is 23.6 Å². The molecule has 5 nitrogen and oxygen atoms in total. The van der Waals surface area contributed by atoms with Crippen molar-refractivity contribution in [3.05, 3.63) is 23.0 Å². The van der Waals surface area contributed by atoms with Crippen molar-refractivity contribution in [3.8, 4) is 0 Å². The van der Waals surface area contributed by atoms with E-state index in [4.69, 9.17) is 22.1 Å². The second-order valence-corrected chi connectivity index (χ2v) is 5.06. The average Bonchev–Trinajstić information content (AvgIpc) is 2.86. The van der Waals surface area contributed by atoms with Crippen LogP contribution in [0.15, 0.2) is 12.3 Å². The maximum atomic E-state index is 12.1. The number of carbonyl (C=O) groups is 1. The molecule has 0 aromatic carbocycles. The molecule has 0 radical (unpaired) electrons. The number of rotatable bonds is 4. The number of nitrogen functional groups attached to an aromatic ring is 1. The van der Waals surface area contributed by atoms with Gasteiger partial charge in [0, 0.05) is 19.1 Å².